The van der Waals surface area contributed by atoms with Crippen LogP contribution in [0.15, 0.2) is 30.5 Å². The molecule has 2 aromatic carbocycles. The number of alkyl halides is 2. The zero-order chi connectivity index (χ0) is 42.1. The Bertz CT molecular complexity index is 2400. The second-order valence-corrected chi connectivity index (χ2v) is 17.3. The van der Waals surface area contributed by atoms with Crippen LogP contribution in [0.5, 0.6) is 11.8 Å². The van der Waals surface area contributed by atoms with Crippen molar-refractivity contribution < 1.29 is 46.2 Å². The van der Waals surface area contributed by atoms with E-state index in [4.69, 9.17) is 19.2 Å². The third-order valence-corrected chi connectivity index (χ3v) is 12.5. The number of pyridine rings is 1. The topological polar surface area (TPSA) is 143 Å². The van der Waals surface area contributed by atoms with Crippen LogP contribution in [0.3, 0.4) is 0 Å². The van der Waals surface area contributed by atoms with E-state index >= 15 is 13.2 Å². The van der Waals surface area contributed by atoms with E-state index in [0.29, 0.717) is 11.8 Å². The molecule has 18 heteroatoms. The molecule has 8 heterocycles. The number of ether oxygens (including phenoxy) is 3. The number of hydrogen-bond donors (Lipinski definition) is 1. The Morgan fingerprint density at radius 1 is 1.05 bits per heavy atom. The highest BCUT2D eigenvalue weighted by Crippen LogP contribution is 2.43. The first-order chi connectivity index (χ1) is 28.7. The van der Waals surface area contributed by atoms with Crippen LogP contribution in [0.1, 0.15) is 44.6 Å². The van der Waals surface area contributed by atoms with Gasteiger partial charge in [-0.15, -0.1) is 0 Å². The summed E-state index contributed by atoms with van der Waals surface area (Å²) in [5.74, 6) is -1.87. The molecule has 4 aromatic rings. The van der Waals surface area contributed by atoms with Gasteiger partial charge in [-0.3, -0.25) is 14.7 Å². The lowest BCUT2D eigenvalue weighted by atomic mass is 9.90. The maximum atomic E-state index is 17.5. The number of fused-ring (bicyclic) bond motifs is 7. The minimum Gasteiger partial charge on any atom is -0.461 e. The van der Waals surface area contributed by atoms with Gasteiger partial charge in [-0.05, 0) is 73.7 Å². The number of carbonyl (C=O) groups excluding carboxylic acids is 3. The fourth-order valence-corrected chi connectivity index (χ4v) is 9.75. The number of piperidine rings is 1. The SMILES string of the molecule is CN(C)C(=O)C1CN(C(=O)Oc2cc3c4c(c(F)ccc4c2)CCCOC(=O)N[C@]2(C)C[C@@H](F)CN(C2)c2nc(OC[C@@]45CCCN4C[C@H](F)C5)nc4c(F)c-3ncc24)C1. The zero-order valence-corrected chi connectivity index (χ0v) is 33.6. The standard InChI is InChI=1S/C42H46F4N8O6/c1-41-14-25(43)19-53(21-41)36-30-16-47-34(33(46)35(30)48-38(49-36)59-22-42-9-5-10-54(42)20-26(44)15-42)29-13-27(60-40(57)52-17-24(18-52)37(55)51(2)3)12-23-7-8-31(45)28(32(23)29)6-4-11-58-39(56)50-41/h7-8,12-13,16,24-26H,4-6,9-11,14-15,17-22H2,1-3H3,(H,50,56)/t25-,26-,41-,42+/m1/s1. The van der Waals surface area contributed by atoms with Gasteiger partial charge >= 0.3 is 18.2 Å². The molecule has 14 nitrogen and oxygen atoms in total. The quantitative estimate of drug-likeness (QED) is 0.252. The van der Waals surface area contributed by atoms with Crippen molar-refractivity contribution in [2.75, 3.05) is 71.5 Å². The molecule has 6 aliphatic heterocycles. The van der Waals surface area contributed by atoms with Crippen LogP contribution in [0.4, 0.5) is 33.0 Å². The highest BCUT2D eigenvalue weighted by molar-refractivity contribution is 6.02. The number of nitrogens with zero attached hydrogens (tertiary/aromatic N) is 7. The zero-order valence-electron chi connectivity index (χ0n) is 33.6. The van der Waals surface area contributed by atoms with Gasteiger partial charge in [-0.25, -0.2) is 27.2 Å². The molecule has 4 fully saturated rings. The summed E-state index contributed by atoms with van der Waals surface area (Å²) < 4.78 is 81.4. The predicted octanol–water partition coefficient (Wildman–Crippen LogP) is 5.58. The number of alkyl carbamates (subject to hydrolysis) is 1. The van der Waals surface area contributed by atoms with Gasteiger partial charge in [-0.1, -0.05) is 6.07 Å². The Labute approximate surface area is 343 Å². The predicted molar refractivity (Wildman–Crippen MR) is 211 cm³/mol. The van der Waals surface area contributed by atoms with Crippen LogP contribution in [-0.2, 0) is 16.0 Å². The number of anilines is 1. The van der Waals surface area contributed by atoms with Crippen molar-refractivity contribution in [2.24, 2.45) is 5.92 Å². The number of halogens is 4. The molecule has 4 atom stereocenters. The fraction of sp³-hybridized carbons (Fsp3) is 0.524. The van der Waals surface area contributed by atoms with Crippen molar-refractivity contribution in [1.29, 1.82) is 0 Å². The van der Waals surface area contributed by atoms with E-state index in [1.807, 2.05) is 0 Å². The molecule has 318 valence electrons. The van der Waals surface area contributed by atoms with E-state index in [9.17, 15) is 18.8 Å². The average molecular weight is 835 g/mol. The van der Waals surface area contributed by atoms with Crippen LogP contribution >= 0.6 is 0 Å². The number of hydrogen-bond acceptors (Lipinski definition) is 11. The maximum Gasteiger partial charge on any atom is 0.415 e. The van der Waals surface area contributed by atoms with Crippen molar-refractivity contribution in [2.45, 2.75) is 68.9 Å². The molecule has 2 aromatic heterocycles. The highest BCUT2D eigenvalue weighted by atomic mass is 19.1. The monoisotopic (exact) mass is 834 g/mol. The van der Waals surface area contributed by atoms with Crippen LogP contribution in [0.25, 0.3) is 32.9 Å². The lowest BCUT2D eigenvalue weighted by Crippen LogP contribution is -2.60. The molecule has 3 amide bonds. The molecule has 0 unspecified atom stereocenters. The number of benzene rings is 2. The molecule has 0 aliphatic carbocycles. The van der Waals surface area contributed by atoms with Gasteiger partial charge in [0.05, 0.1) is 35.5 Å². The molecule has 60 heavy (non-hydrogen) atoms. The van der Waals surface area contributed by atoms with Gasteiger partial charge in [0.15, 0.2) is 5.82 Å². The summed E-state index contributed by atoms with van der Waals surface area (Å²) in [7, 11) is 3.28. The van der Waals surface area contributed by atoms with Crippen LogP contribution in [0.2, 0.25) is 0 Å². The van der Waals surface area contributed by atoms with Crippen molar-refractivity contribution in [3.63, 3.8) is 0 Å². The number of rotatable bonds is 5. The molecule has 6 aliphatic rings. The Balaban J connectivity index is 1.18. The van der Waals surface area contributed by atoms with Crippen molar-refractivity contribution >= 4 is 45.6 Å². The Morgan fingerprint density at radius 3 is 2.65 bits per heavy atom. The molecular weight excluding hydrogens is 789 g/mol. The largest absolute Gasteiger partial charge is 0.461 e. The molecule has 0 spiro atoms. The summed E-state index contributed by atoms with van der Waals surface area (Å²) in [6.07, 6.45) is -0.560. The van der Waals surface area contributed by atoms with Gasteiger partial charge in [0, 0.05) is 64.9 Å². The van der Waals surface area contributed by atoms with Crippen molar-refractivity contribution in [1.82, 2.24) is 35.0 Å². The van der Waals surface area contributed by atoms with Gasteiger partial charge in [0.25, 0.3) is 0 Å². The van der Waals surface area contributed by atoms with E-state index in [0.717, 1.165) is 13.0 Å². The lowest BCUT2D eigenvalue weighted by Gasteiger charge is -2.42. The smallest absolute Gasteiger partial charge is 0.415 e. The third kappa shape index (κ3) is 7.25. The van der Waals surface area contributed by atoms with Crippen molar-refractivity contribution in [3.8, 4) is 23.0 Å². The summed E-state index contributed by atoms with van der Waals surface area (Å²) in [5.41, 5.74) is -1.91. The highest BCUT2D eigenvalue weighted by Gasteiger charge is 2.49. The molecule has 10 rings (SSSR count). The van der Waals surface area contributed by atoms with E-state index in [1.165, 1.54) is 40.3 Å². The number of likely N-dealkylation sites (tertiary alicyclic amines) is 1. The number of nitrogens with one attached hydrogen (secondary N) is 1. The molecule has 6 bridgehead atoms. The summed E-state index contributed by atoms with van der Waals surface area (Å²) in [4.78, 5) is 59.2. The normalized spacial score (nSPS) is 25.8. The number of aryl methyl sites for hydroxylation is 1. The summed E-state index contributed by atoms with van der Waals surface area (Å²) >= 11 is 0. The Kier molecular flexibility index (Phi) is 10.1. The van der Waals surface area contributed by atoms with Gasteiger partial charge in [0.1, 0.15) is 47.5 Å². The molecule has 1 N–H and O–H groups in total. The van der Waals surface area contributed by atoms with E-state index in [-0.39, 0.29) is 134 Å². The Morgan fingerprint density at radius 2 is 1.85 bits per heavy atom. The lowest BCUT2D eigenvalue weighted by molar-refractivity contribution is -0.137. The number of carbonyl (C=O) groups is 3. The van der Waals surface area contributed by atoms with E-state index in [2.05, 4.69) is 20.2 Å². The fourth-order valence-electron chi connectivity index (χ4n) is 9.75. The Hall–Kier alpha value is -5.52. The number of amides is 3. The average Bonchev–Trinajstić information content (AvgIpc) is 3.70. The minimum absolute atomic E-state index is 0.0201. The van der Waals surface area contributed by atoms with Crippen LogP contribution in [-0.4, -0.2) is 138 Å². The van der Waals surface area contributed by atoms with Gasteiger partial charge in [0.2, 0.25) is 5.91 Å². The van der Waals surface area contributed by atoms with Crippen LogP contribution < -0.4 is 19.7 Å². The minimum atomic E-state index is -1.43. The molecular formula is C42H46F4N8O6. The molecule has 4 saturated heterocycles. The first-order valence-electron chi connectivity index (χ1n) is 20.3. The number of aromatic nitrogens is 3. The van der Waals surface area contributed by atoms with E-state index in [1.54, 1.807) is 25.9 Å². The van der Waals surface area contributed by atoms with Gasteiger partial charge < -0.3 is 34.2 Å². The second-order valence-electron chi connectivity index (χ2n) is 17.3. The molecule has 0 radical (unpaired) electrons. The van der Waals surface area contributed by atoms with Crippen LogP contribution in [0, 0.1) is 17.6 Å². The molecule has 0 saturated carbocycles. The second kappa shape index (κ2) is 15.2. The summed E-state index contributed by atoms with van der Waals surface area (Å²) in [6, 6.07) is 5.47. The van der Waals surface area contributed by atoms with Gasteiger partial charge in [-0.2, -0.15) is 9.97 Å². The first kappa shape index (κ1) is 39.9. The summed E-state index contributed by atoms with van der Waals surface area (Å²) in [5, 5.41) is 3.62. The third-order valence-electron chi connectivity index (χ3n) is 12.5. The van der Waals surface area contributed by atoms with E-state index < -0.39 is 47.2 Å². The summed E-state index contributed by atoms with van der Waals surface area (Å²) in [6.45, 7) is 2.85. The van der Waals surface area contributed by atoms with Crippen molar-refractivity contribution in [3.05, 3.63) is 47.7 Å². The maximum absolute atomic E-state index is 17.5. The first-order valence-corrected chi connectivity index (χ1v) is 20.3.